The molecule has 1 atom stereocenters. The first-order valence-electron chi connectivity index (χ1n) is 5.42. The van der Waals surface area contributed by atoms with Gasteiger partial charge in [0.05, 0.1) is 6.42 Å². The number of benzene rings is 1. The second-order valence-electron chi connectivity index (χ2n) is 3.99. The second kappa shape index (κ2) is 5.22. The first-order valence-corrected chi connectivity index (χ1v) is 5.42. The van der Waals surface area contributed by atoms with E-state index < -0.39 is 12.5 Å². The van der Waals surface area contributed by atoms with Crippen molar-refractivity contribution in [2.75, 3.05) is 0 Å². The third-order valence-electron chi connectivity index (χ3n) is 2.42. The molecule has 1 heterocycles. The lowest BCUT2D eigenvalue weighted by molar-refractivity contribution is -0.00754. The molecule has 1 unspecified atom stereocenters. The highest BCUT2D eigenvalue weighted by Crippen LogP contribution is 2.18. The first kappa shape index (κ1) is 12.6. The number of aliphatic hydroxyl groups excluding tert-OH is 1. The van der Waals surface area contributed by atoms with E-state index >= 15 is 0 Å². The maximum atomic E-state index is 12.2. The number of alkyl halides is 2. The summed E-state index contributed by atoms with van der Waals surface area (Å²) < 4.78 is 29.1. The lowest BCUT2D eigenvalue weighted by atomic mass is 10.1. The fraction of sp³-hybridized carbons (Fsp3) is 0.333. The summed E-state index contributed by atoms with van der Waals surface area (Å²) >= 11 is 0. The van der Waals surface area contributed by atoms with Gasteiger partial charge in [0.2, 0.25) is 11.7 Å². The fourth-order valence-electron chi connectivity index (χ4n) is 1.51. The molecule has 0 radical (unpaired) electrons. The van der Waals surface area contributed by atoms with Crippen LogP contribution in [0.25, 0.3) is 11.4 Å². The van der Waals surface area contributed by atoms with Gasteiger partial charge in [0, 0.05) is 5.56 Å². The molecule has 1 aromatic heterocycles. The van der Waals surface area contributed by atoms with Crippen LogP contribution >= 0.6 is 0 Å². The number of hydrogen-bond donors (Lipinski definition) is 1. The van der Waals surface area contributed by atoms with E-state index in [0.717, 1.165) is 11.1 Å². The quantitative estimate of drug-likeness (QED) is 0.908. The summed E-state index contributed by atoms with van der Waals surface area (Å²) in [5.74, 6) is 0.328. The van der Waals surface area contributed by atoms with Gasteiger partial charge in [-0.05, 0) is 13.0 Å². The molecule has 2 rings (SSSR count). The molecule has 6 heteroatoms. The number of hydrogen-bond acceptors (Lipinski definition) is 4. The van der Waals surface area contributed by atoms with Gasteiger partial charge in [-0.1, -0.05) is 28.9 Å². The normalized spacial score (nSPS) is 12.9. The van der Waals surface area contributed by atoms with Crippen molar-refractivity contribution in [3.05, 3.63) is 35.7 Å². The Bertz CT molecular complexity index is 528. The average molecular weight is 254 g/mol. The SMILES string of the molecule is Cc1cccc(-c2noc(CC(O)C(F)F)n2)c1. The zero-order valence-corrected chi connectivity index (χ0v) is 9.68. The third kappa shape index (κ3) is 2.89. The maximum Gasteiger partial charge on any atom is 0.264 e. The van der Waals surface area contributed by atoms with Gasteiger partial charge in [-0.15, -0.1) is 0 Å². The minimum Gasteiger partial charge on any atom is -0.387 e. The van der Waals surface area contributed by atoms with Crippen molar-refractivity contribution in [2.45, 2.75) is 25.9 Å². The molecule has 96 valence electrons. The van der Waals surface area contributed by atoms with Gasteiger partial charge >= 0.3 is 0 Å². The summed E-state index contributed by atoms with van der Waals surface area (Å²) in [6, 6.07) is 7.42. The molecular formula is C12H12F2N2O2. The molecule has 0 aliphatic rings. The molecule has 1 N–H and O–H groups in total. The largest absolute Gasteiger partial charge is 0.387 e. The highest BCUT2D eigenvalue weighted by molar-refractivity contribution is 5.55. The van der Waals surface area contributed by atoms with Gasteiger partial charge in [0.25, 0.3) is 6.43 Å². The number of nitrogens with zero attached hydrogens (tertiary/aromatic N) is 2. The Morgan fingerprint density at radius 1 is 1.39 bits per heavy atom. The van der Waals surface area contributed by atoms with Crippen molar-refractivity contribution in [1.29, 1.82) is 0 Å². The number of halogens is 2. The molecule has 0 aliphatic heterocycles. The molecule has 0 aliphatic carbocycles. The molecule has 0 amide bonds. The summed E-state index contributed by atoms with van der Waals surface area (Å²) in [7, 11) is 0. The molecule has 18 heavy (non-hydrogen) atoms. The van der Waals surface area contributed by atoms with Crippen molar-refractivity contribution in [1.82, 2.24) is 10.1 Å². The van der Waals surface area contributed by atoms with Crippen molar-refractivity contribution >= 4 is 0 Å². The third-order valence-corrected chi connectivity index (χ3v) is 2.42. The second-order valence-corrected chi connectivity index (χ2v) is 3.99. The Kier molecular flexibility index (Phi) is 3.66. The first-order chi connectivity index (χ1) is 8.56. The summed E-state index contributed by atoms with van der Waals surface area (Å²) in [4.78, 5) is 3.97. The van der Waals surface area contributed by atoms with E-state index in [1.54, 1.807) is 6.07 Å². The predicted octanol–water partition coefficient (Wildman–Crippen LogP) is 2.21. The smallest absolute Gasteiger partial charge is 0.264 e. The standard InChI is InChI=1S/C12H12F2N2O2/c1-7-3-2-4-8(5-7)12-15-10(18-16-12)6-9(17)11(13)14/h2-5,9,11,17H,6H2,1H3. The predicted molar refractivity (Wildman–Crippen MR) is 60.2 cm³/mol. The van der Waals surface area contributed by atoms with E-state index in [1.165, 1.54) is 0 Å². The van der Waals surface area contributed by atoms with Crippen LogP contribution in [0.2, 0.25) is 0 Å². The number of aromatic nitrogens is 2. The van der Waals surface area contributed by atoms with Crippen LogP contribution < -0.4 is 0 Å². The van der Waals surface area contributed by atoms with Crippen LogP contribution in [-0.4, -0.2) is 27.8 Å². The van der Waals surface area contributed by atoms with Gasteiger partial charge in [-0.3, -0.25) is 0 Å². The van der Waals surface area contributed by atoms with Crippen molar-refractivity contribution in [3.8, 4) is 11.4 Å². The van der Waals surface area contributed by atoms with Crippen LogP contribution in [0.3, 0.4) is 0 Å². The molecule has 0 spiro atoms. The minimum absolute atomic E-state index is 0.000642. The monoisotopic (exact) mass is 254 g/mol. The van der Waals surface area contributed by atoms with Gasteiger partial charge in [0.1, 0.15) is 6.10 Å². The van der Waals surface area contributed by atoms with Crippen LogP contribution in [-0.2, 0) is 6.42 Å². The van der Waals surface area contributed by atoms with E-state index in [2.05, 4.69) is 10.1 Å². The Hall–Kier alpha value is -1.82. The van der Waals surface area contributed by atoms with Crippen molar-refractivity contribution in [2.24, 2.45) is 0 Å². The maximum absolute atomic E-state index is 12.2. The molecular weight excluding hydrogens is 242 g/mol. The van der Waals surface area contributed by atoms with E-state index in [4.69, 9.17) is 9.63 Å². The molecule has 0 saturated heterocycles. The van der Waals surface area contributed by atoms with E-state index in [-0.39, 0.29) is 12.3 Å². The molecule has 0 fully saturated rings. The minimum atomic E-state index is -2.82. The van der Waals surface area contributed by atoms with Crippen LogP contribution in [0.4, 0.5) is 8.78 Å². The molecule has 1 aromatic carbocycles. The number of aliphatic hydroxyl groups is 1. The Balaban J connectivity index is 2.15. The van der Waals surface area contributed by atoms with Gasteiger partial charge in [-0.2, -0.15) is 4.98 Å². The van der Waals surface area contributed by atoms with E-state index in [0.29, 0.717) is 5.82 Å². The summed E-state index contributed by atoms with van der Waals surface area (Å²) in [6.07, 6.45) is -4.95. The van der Waals surface area contributed by atoms with Gasteiger partial charge in [0.15, 0.2) is 0 Å². The lowest BCUT2D eigenvalue weighted by Gasteiger charge is -2.04. The molecule has 2 aromatic rings. The van der Waals surface area contributed by atoms with E-state index in [9.17, 15) is 8.78 Å². The zero-order valence-electron chi connectivity index (χ0n) is 9.68. The topological polar surface area (TPSA) is 59.2 Å². The number of rotatable bonds is 4. The summed E-state index contributed by atoms with van der Waals surface area (Å²) in [5.41, 5.74) is 1.78. The Morgan fingerprint density at radius 2 is 2.17 bits per heavy atom. The lowest BCUT2D eigenvalue weighted by Crippen LogP contribution is -2.20. The van der Waals surface area contributed by atoms with Crippen molar-refractivity contribution < 1.29 is 18.4 Å². The highest BCUT2D eigenvalue weighted by atomic mass is 19.3. The Labute approximate surface area is 102 Å². The van der Waals surface area contributed by atoms with Crippen LogP contribution in [0, 0.1) is 6.92 Å². The van der Waals surface area contributed by atoms with Gasteiger partial charge in [-0.25, -0.2) is 8.78 Å². The molecule has 0 saturated carbocycles. The summed E-state index contributed by atoms with van der Waals surface area (Å²) in [6.45, 7) is 1.92. The average Bonchev–Trinajstić information content (AvgIpc) is 2.77. The van der Waals surface area contributed by atoms with E-state index in [1.807, 2.05) is 25.1 Å². The van der Waals surface area contributed by atoms with Crippen LogP contribution in [0.1, 0.15) is 11.5 Å². The van der Waals surface area contributed by atoms with Crippen LogP contribution in [0.5, 0.6) is 0 Å². The molecule has 0 bridgehead atoms. The number of aryl methyl sites for hydroxylation is 1. The van der Waals surface area contributed by atoms with Gasteiger partial charge < -0.3 is 9.63 Å². The zero-order chi connectivity index (χ0) is 13.1. The van der Waals surface area contributed by atoms with Crippen molar-refractivity contribution in [3.63, 3.8) is 0 Å². The highest BCUT2D eigenvalue weighted by Gasteiger charge is 2.21. The molecule has 4 nitrogen and oxygen atoms in total. The fourth-order valence-corrected chi connectivity index (χ4v) is 1.51. The Morgan fingerprint density at radius 3 is 2.83 bits per heavy atom. The summed E-state index contributed by atoms with van der Waals surface area (Å²) in [5, 5.41) is 12.7. The van der Waals surface area contributed by atoms with Crippen LogP contribution in [0.15, 0.2) is 28.8 Å².